The highest BCUT2D eigenvalue weighted by atomic mass is 32.1. The monoisotopic (exact) mass is 402 g/mol. The van der Waals surface area contributed by atoms with E-state index in [0.29, 0.717) is 24.7 Å². The molecule has 3 aromatic rings. The minimum atomic E-state index is 0.269. The van der Waals surface area contributed by atoms with Gasteiger partial charge in [0.2, 0.25) is 5.91 Å². The maximum absolute atomic E-state index is 12.4. The first-order chi connectivity index (χ1) is 13.3. The van der Waals surface area contributed by atoms with Crippen molar-refractivity contribution < 1.29 is 9.32 Å². The molecule has 1 amide bonds. The first-order valence-electron chi connectivity index (χ1n) is 9.17. The van der Waals surface area contributed by atoms with Crippen LogP contribution in [-0.4, -0.2) is 52.0 Å². The van der Waals surface area contributed by atoms with Gasteiger partial charge in [0.25, 0.3) is 5.89 Å². The Morgan fingerprint density at radius 2 is 1.93 bits per heavy atom. The van der Waals surface area contributed by atoms with Crippen molar-refractivity contribution in [2.75, 3.05) is 26.2 Å². The van der Waals surface area contributed by atoms with Crippen LogP contribution < -0.4 is 0 Å². The van der Waals surface area contributed by atoms with E-state index >= 15 is 0 Å². The van der Waals surface area contributed by atoms with E-state index in [1.165, 1.54) is 4.88 Å². The zero-order valence-electron chi connectivity index (χ0n) is 15.0. The summed E-state index contributed by atoms with van der Waals surface area (Å²) in [4.78, 5) is 23.5. The van der Waals surface area contributed by atoms with Crippen LogP contribution in [0.3, 0.4) is 0 Å². The number of carbonyl (C=O) groups is 1. The Balaban J connectivity index is 1.20. The molecule has 4 heterocycles. The molecule has 142 valence electrons. The summed E-state index contributed by atoms with van der Waals surface area (Å²) >= 11 is 3.35. The van der Waals surface area contributed by atoms with E-state index in [9.17, 15) is 4.79 Å². The number of aryl methyl sites for hydroxylation is 1. The van der Waals surface area contributed by atoms with Crippen LogP contribution in [0.5, 0.6) is 0 Å². The lowest BCUT2D eigenvalue weighted by Gasteiger charge is -2.34. The summed E-state index contributed by atoms with van der Waals surface area (Å²) in [6.45, 7) is 3.90. The molecule has 27 heavy (non-hydrogen) atoms. The predicted octanol–water partition coefficient (Wildman–Crippen LogP) is 3.53. The third kappa shape index (κ3) is 4.82. The minimum absolute atomic E-state index is 0.269. The first kappa shape index (κ1) is 18.3. The van der Waals surface area contributed by atoms with Gasteiger partial charge in [-0.1, -0.05) is 17.3 Å². The molecule has 3 aromatic heterocycles. The van der Waals surface area contributed by atoms with Crippen LogP contribution in [0.15, 0.2) is 39.5 Å². The first-order valence-corrected chi connectivity index (χ1v) is 10.9. The number of aromatic nitrogens is 2. The highest BCUT2D eigenvalue weighted by Crippen LogP contribution is 2.22. The van der Waals surface area contributed by atoms with Gasteiger partial charge >= 0.3 is 0 Å². The fraction of sp³-hybridized carbons (Fsp3) is 0.421. The number of piperazine rings is 1. The maximum Gasteiger partial charge on any atom is 0.268 e. The Hall–Kier alpha value is -2.03. The van der Waals surface area contributed by atoms with Crippen LogP contribution in [0.2, 0.25) is 0 Å². The van der Waals surface area contributed by atoms with Crippen molar-refractivity contribution in [3.8, 4) is 10.8 Å². The van der Waals surface area contributed by atoms with Crippen molar-refractivity contribution in [1.82, 2.24) is 19.9 Å². The number of hydrogen-bond acceptors (Lipinski definition) is 7. The van der Waals surface area contributed by atoms with Gasteiger partial charge in [0.1, 0.15) is 0 Å². The highest BCUT2D eigenvalue weighted by molar-refractivity contribution is 7.13. The molecule has 0 unspecified atom stereocenters. The lowest BCUT2D eigenvalue weighted by Crippen LogP contribution is -2.48. The molecule has 1 fully saturated rings. The van der Waals surface area contributed by atoms with Gasteiger partial charge in [-0.15, -0.1) is 22.7 Å². The molecule has 0 spiro atoms. The van der Waals surface area contributed by atoms with Crippen LogP contribution in [0.4, 0.5) is 0 Å². The van der Waals surface area contributed by atoms with Crippen molar-refractivity contribution in [1.29, 1.82) is 0 Å². The lowest BCUT2D eigenvalue weighted by atomic mass is 10.2. The Bertz CT molecular complexity index is 837. The van der Waals surface area contributed by atoms with Gasteiger partial charge in [0, 0.05) is 37.5 Å². The number of thiophene rings is 2. The zero-order valence-corrected chi connectivity index (χ0v) is 16.7. The van der Waals surface area contributed by atoms with Crippen molar-refractivity contribution in [2.24, 2.45) is 0 Å². The van der Waals surface area contributed by atoms with Crippen LogP contribution >= 0.6 is 22.7 Å². The van der Waals surface area contributed by atoms with Crippen molar-refractivity contribution in [3.63, 3.8) is 0 Å². The summed E-state index contributed by atoms with van der Waals surface area (Å²) in [5.74, 6) is 1.56. The number of nitrogens with zero attached hydrogens (tertiary/aromatic N) is 4. The second-order valence-corrected chi connectivity index (χ2v) is 8.56. The Morgan fingerprint density at radius 1 is 1.11 bits per heavy atom. The quantitative estimate of drug-likeness (QED) is 0.605. The number of rotatable bonds is 7. The lowest BCUT2D eigenvalue weighted by molar-refractivity contribution is -0.133. The van der Waals surface area contributed by atoms with Crippen LogP contribution in [0.1, 0.15) is 23.5 Å². The standard InChI is InChI=1S/C19H22N4O2S2/c24-18(7-1-4-15-5-2-12-26-15)23-10-8-22(9-11-23)14-17-20-19(25-21-17)16-6-3-13-27-16/h2-3,5-6,12-13H,1,4,7-11,14H2. The van der Waals surface area contributed by atoms with Crippen LogP contribution in [0.25, 0.3) is 10.8 Å². The van der Waals surface area contributed by atoms with E-state index in [1.807, 2.05) is 22.4 Å². The van der Waals surface area contributed by atoms with E-state index < -0.39 is 0 Å². The van der Waals surface area contributed by atoms with E-state index in [4.69, 9.17) is 4.52 Å². The molecule has 4 rings (SSSR count). The maximum atomic E-state index is 12.4. The van der Waals surface area contributed by atoms with Gasteiger partial charge in [-0.3, -0.25) is 9.69 Å². The SMILES string of the molecule is O=C(CCCc1cccs1)N1CCN(Cc2noc(-c3cccs3)n2)CC1. The van der Waals surface area contributed by atoms with Gasteiger partial charge < -0.3 is 9.42 Å². The molecule has 0 atom stereocenters. The fourth-order valence-corrected chi connectivity index (χ4v) is 4.60. The third-order valence-electron chi connectivity index (χ3n) is 4.68. The van der Waals surface area contributed by atoms with Crippen molar-refractivity contribution in [3.05, 3.63) is 45.7 Å². The predicted molar refractivity (Wildman–Crippen MR) is 107 cm³/mol. The molecule has 6 nitrogen and oxygen atoms in total. The molecule has 0 N–H and O–H groups in total. The molecule has 8 heteroatoms. The summed E-state index contributed by atoms with van der Waals surface area (Å²) in [5, 5.41) is 8.17. The molecule has 0 aromatic carbocycles. The number of amides is 1. The molecule has 0 bridgehead atoms. The normalized spacial score (nSPS) is 15.3. The average Bonchev–Trinajstić information content (AvgIpc) is 3.44. The summed E-state index contributed by atoms with van der Waals surface area (Å²) in [7, 11) is 0. The minimum Gasteiger partial charge on any atom is -0.340 e. The van der Waals surface area contributed by atoms with Gasteiger partial charge in [-0.25, -0.2) is 0 Å². The molecule has 1 aliphatic heterocycles. The Labute approximate surface area is 166 Å². The number of carbonyl (C=O) groups excluding carboxylic acids is 1. The van der Waals surface area contributed by atoms with E-state index in [0.717, 1.165) is 43.9 Å². The average molecular weight is 403 g/mol. The smallest absolute Gasteiger partial charge is 0.268 e. The van der Waals surface area contributed by atoms with Crippen LogP contribution in [0, 0.1) is 0 Å². The third-order valence-corrected chi connectivity index (χ3v) is 6.48. The molecular weight excluding hydrogens is 380 g/mol. The van der Waals surface area contributed by atoms with E-state index in [1.54, 1.807) is 22.7 Å². The van der Waals surface area contributed by atoms with Gasteiger partial charge in [-0.2, -0.15) is 4.98 Å². The summed E-state index contributed by atoms with van der Waals surface area (Å²) in [6.07, 6.45) is 2.55. The van der Waals surface area contributed by atoms with E-state index in [2.05, 4.69) is 32.6 Å². The second kappa shape index (κ2) is 8.77. The van der Waals surface area contributed by atoms with Gasteiger partial charge in [0.05, 0.1) is 11.4 Å². The summed E-state index contributed by atoms with van der Waals surface area (Å²) < 4.78 is 5.34. The molecule has 0 radical (unpaired) electrons. The Morgan fingerprint density at radius 3 is 2.67 bits per heavy atom. The van der Waals surface area contributed by atoms with Gasteiger partial charge in [-0.05, 0) is 35.7 Å². The molecule has 0 aliphatic carbocycles. The zero-order chi connectivity index (χ0) is 18.5. The van der Waals surface area contributed by atoms with Crippen LogP contribution in [-0.2, 0) is 17.8 Å². The summed E-state index contributed by atoms with van der Waals surface area (Å²) in [5.41, 5.74) is 0. The highest BCUT2D eigenvalue weighted by Gasteiger charge is 2.22. The second-order valence-electron chi connectivity index (χ2n) is 6.58. The Kier molecular flexibility index (Phi) is 5.96. The topological polar surface area (TPSA) is 62.5 Å². The van der Waals surface area contributed by atoms with Crippen molar-refractivity contribution in [2.45, 2.75) is 25.8 Å². The summed E-state index contributed by atoms with van der Waals surface area (Å²) in [6, 6.07) is 8.15. The molecule has 1 aliphatic rings. The number of hydrogen-bond donors (Lipinski definition) is 0. The fourth-order valence-electron chi connectivity index (χ4n) is 3.20. The van der Waals surface area contributed by atoms with Gasteiger partial charge in [0.15, 0.2) is 5.82 Å². The largest absolute Gasteiger partial charge is 0.340 e. The molecular formula is C19H22N4O2S2. The molecule has 1 saturated heterocycles. The van der Waals surface area contributed by atoms with Crippen molar-refractivity contribution >= 4 is 28.6 Å². The molecule has 0 saturated carbocycles. The van der Waals surface area contributed by atoms with E-state index in [-0.39, 0.29) is 5.91 Å².